The lowest BCUT2D eigenvalue weighted by Gasteiger charge is -2.13. The number of rotatable bonds is 6. The summed E-state index contributed by atoms with van der Waals surface area (Å²) < 4.78 is 13.1. The minimum absolute atomic E-state index is 0.161. The van der Waals surface area contributed by atoms with Crippen molar-refractivity contribution in [3.63, 3.8) is 0 Å². The molecule has 2 amide bonds. The van der Waals surface area contributed by atoms with Crippen molar-refractivity contribution in [1.29, 1.82) is 0 Å². The van der Waals surface area contributed by atoms with Crippen LogP contribution in [0, 0.1) is 19.7 Å². The molecule has 1 atom stereocenters. The molecule has 25 heavy (non-hydrogen) atoms. The first kappa shape index (κ1) is 19.0. The Bertz CT molecular complexity index is 763. The van der Waals surface area contributed by atoms with Crippen LogP contribution in [0.1, 0.15) is 18.1 Å². The second-order valence-corrected chi connectivity index (χ2v) is 7.15. The number of hydrogen-bond donors (Lipinski definition) is 2. The van der Waals surface area contributed by atoms with Gasteiger partial charge in [-0.2, -0.15) is 0 Å². The highest BCUT2D eigenvalue weighted by molar-refractivity contribution is 8.01. The van der Waals surface area contributed by atoms with Gasteiger partial charge in [0.15, 0.2) is 0 Å². The number of amides is 2. The van der Waals surface area contributed by atoms with E-state index in [1.54, 1.807) is 13.8 Å². The largest absolute Gasteiger partial charge is 0.325 e. The number of benzene rings is 2. The Labute approximate surface area is 151 Å². The van der Waals surface area contributed by atoms with E-state index in [1.807, 2.05) is 31.2 Å². The number of carbonyl (C=O) groups excluding carboxylic acids is 2. The van der Waals surface area contributed by atoms with Gasteiger partial charge in [0, 0.05) is 11.4 Å². The molecule has 2 rings (SSSR count). The molecule has 1 unspecified atom stereocenters. The standard InChI is InChI=1S/C19H21FN2O2S/c1-12-4-7-16(8-5-12)21-18(23)11-25-14(3)19(24)22-17-9-6-15(20)10-13(17)2/h4-10,14H,11H2,1-3H3,(H,21,23)(H,22,24). The molecule has 0 aliphatic rings. The molecule has 0 heterocycles. The molecule has 0 saturated carbocycles. The molecular formula is C19H21FN2O2S. The zero-order chi connectivity index (χ0) is 18.4. The Hall–Kier alpha value is -2.34. The fourth-order valence-corrected chi connectivity index (χ4v) is 2.80. The lowest BCUT2D eigenvalue weighted by atomic mass is 10.2. The Balaban J connectivity index is 1.82. The lowest BCUT2D eigenvalue weighted by molar-refractivity contribution is -0.115. The number of aryl methyl sites for hydroxylation is 2. The number of carbonyl (C=O) groups is 2. The summed E-state index contributed by atoms with van der Waals surface area (Å²) in [6.45, 7) is 5.44. The monoisotopic (exact) mass is 360 g/mol. The first-order valence-electron chi connectivity index (χ1n) is 7.90. The Morgan fingerprint density at radius 1 is 1.08 bits per heavy atom. The average Bonchev–Trinajstić information content (AvgIpc) is 2.57. The Morgan fingerprint density at radius 2 is 1.76 bits per heavy atom. The van der Waals surface area contributed by atoms with E-state index in [0.717, 1.165) is 11.3 Å². The fraction of sp³-hybridized carbons (Fsp3) is 0.263. The van der Waals surface area contributed by atoms with E-state index in [1.165, 1.54) is 30.0 Å². The molecule has 2 aromatic carbocycles. The van der Waals surface area contributed by atoms with Gasteiger partial charge in [0.2, 0.25) is 11.8 Å². The number of anilines is 2. The molecule has 0 aromatic heterocycles. The molecule has 4 nitrogen and oxygen atoms in total. The third kappa shape index (κ3) is 5.90. The third-order valence-electron chi connectivity index (χ3n) is 3.62. The molecule has 2 aromatic rings. The first-order valence-corrected chi connectivity index (χ1v) is 8.95. The summed E-state index contributed by atoms with van der Waals surface area (Å²) in [5.74, 6) is -0.551. The molecule has 0 aliphatic heterocycles. The number of hydrogen-bond acceptors (Lipinski definition) is 3. The number of nitrogens with one attached hydrogen (secondary N) is 2. The van der Waals surface area contributed by atoms with E-state index in [-0.39, 0.29) is 23.4 Å². The molecule has 0 fully saturated rings. The van der Waals surface area contributed by atoms with Crippen LogP contribution in [0.15, 0.2) is 42.5 Å². The van der Waals surface area contributed by atoms with Crippen molar-refractivity contribution in [2.75, 3.05) is 16.4 Å². The highest BCUT2D eigenvalue weighted by Crippen LogP contribution is 2.19. The van der Waals surface area contributed by atoms with Crippen molar-refractivity contribution < 1.29 is 14.0 Å². The third-order valence-corrected chi connectivity index (χ3v) is 4.76. The van der Waals surface area contributed by atoms with Crippen molar-refractivity contribution in [2.24, 2.45) is 0 Å². The molecule has 2 N–H and O–H groups in total. The van der Waals surface area contributed by atoms with Crippen LogP contribution in [-0.4, -0.2) is 22.8 Å². The van der Waals surface area contributed by atoms with Crippen molar-refractivity contribution in [2.45, 2.75) is 26.0 Å². The van der Waals surface area contributed by atoms with Gasteiger partial charge in [-0.1, -0.05) is 17.7 Å². The van der Waals surface area contributed by atoms with E-state index >= 15 is 0 Å². The van der Waals surface area contributed by atoms with Gasteiger partial charge in [0.05, 0.1) is 11.0 Å². The van der Waals surface area contributed by atoms with Gasteiger partial charge in [0.1, 0.15) is 5.82 Å². The summed E-state index contributed by atoms with van der Waals surface area (Å²) in [5, 5.41) is 5.14. The smallest absolute Gasteiger partial charge is 0.237 e. The van der Waals surface area contributed by atoms with Crippen LogP contribution in [0.5, 0.6) is 0 Å². The second kappa shape index (κ2) is 8.67. The van der Waals surface area contributed by atoms with E-state index in [4.69, 9.17) is 0 Å². The SMILES string of the molecule is Cc1ccc(NC(=O)CSC(C)C(=O)Nc2ccc(F)cc2C)cc1. The maximum atomic E-state index is 13.1. The minimum atomic E-state index is -0.409. The van der Waals surface area contributed by atoms with Crippen LogP contribution >= 0.6 is 11.8 Å². The van der Waals surface area contributed by atoms with Crippen LogP contribution in [-0.2, 0) is 9.59 Å². The second-order valence-electron chi connectivity index (χ2n) is 5.82. The molecule has 0 bridgehead atoms. The molecule has 0 aliphatic carbocycles. The lowest BCUT2D eigenvalue weighted by Crippen LogP contribution is -2.25. The van der Waals surface area contributed by atoms with Gasteiger partial charge in [-0.05, 0) is 56.7 Å². The maximum absolute atomic E-state index is 13.1. The topological polar surface area (TPSA) is 58.2 Å². The van der Waals surface area contributed by atoms with Crippen LogP contribution in [0.2, 0.25) is 0 Å². The fourth-order valence-electron chi connectivity index (χ4n) is 2.11. The zero-order valence-corrected chi connectivity index (χ0v) is 15.2. The van der Waals surface area contributed by atoms with E-state index in [2.05, 4.69) is 10.6 Å². The molecule has 0 radical (unpaired) electrons. The van der Waals surface area contributed by atoms with Crippen LogP contribution < -0.4 is 10.6 Å². The zero-order valence-electron chi connectivity index (χ0n) is 14.4. The van der Waals surface area contributed by atoms with Gasteiger partial charge in [-0.15, -0.1) is 11.8 Å². The summed E-state index contributed by atoms with van der Waals surface area (Å²) in [4.78, 5) is 24.2. The molecular weight excluding hydrogens is 339 g/mol. The predicted octanol–water partition coefficient (Wildman–Crippen LogP) is 4.14. The van der Waals surface area contributed by atoms with Crippen molar-refractivity contribution >= 4 is 35.0 Å². The predicted molar refractivity (Wildman–Crippen MR) is 101 cm³/mol. The number of halogens is 1. The van der Waals surface area contributed by atoms with Gasteiger partial charge < -0.3 is 10.6 Å². The minimum Gasteiger partial charge on any atom is -0.325 e. The maximum Gasteiger partial charge on any atom is 0.237 e. The van der Waals surface area contributed by atoms with E-state index in [0.29, 0.717) is 11.3 Å². The quantitative estimate of drug-likeness (QED) is 0.814. The van der Waals surface area contributed by atoms with Crippen LogP contribution in [0.25, 0.3) is 0 Å². The van der Waals surface area contributed by atoms with E-state index < -0.39 is 5.25 Å². The molecule has 6 heteroatoms. The summed E-state index contributed by atoms with van der Waals surface area (Å²) >= 11 is 1.25. The van der Waals surface area contributed by atoms with Gasteiger partial charge >= 0.3 is 0 Å². The number of thioether (sulfide) groups is 1. The summed E-state index contributed by atoms with van der Waals surface area (Å²) in [7, 11) is 0. The van der Waals surface area contributed by atoms with Crippen molar-refractivity contribution in [1.82, 2.24) is 0 Å². The van der Waals surface area contributed by atoms with Gasteiger partial charge in [0.25, 0.3) is 0 Å². The first-order chi connectivity index (χ1) is 11.8. The highest BCUT2D eigenvalue weighted by Gasteiger charge is 2.16. The van der Waals surface area contributed by atoms with Crippen LogP contribution in [0.4, 0.5) is 15.8 Å². The molecule has 0 saturated heterocycles. The van der Waals surface area contributed by atoms with Crippen molar-refractivity contribution in [3.05, 3.63) is 59.4 Å². The molecule has 132 valence electrons. The summed E-state index contributed by atoms with van der Waals surface area (Å²) in [6, 6.07) is 11.7. The van der Waals surface area contributed by atoms with E-state index in [9.17, 15) is 14.0 Å². The van der Waals surface area contributed by atoms with Gasteiger partial charge in [-0.3, -0.25) is 9.59 Å². The summed E-state index contributed by atoms with van der Waals surface area (Å²) in [6.07, 6.45) is 0. The van der Waals surface area contributed by atoms with Gasteiger partial charge in [-0.25, -0.2) is 4.39 Å². The highest BCUT2D eigenvalue weighted by atomic mass is 32.2. The normalized spacial score (nSPS) is 11.7. The van der Waals surface area contributed by atoms with Crippen LogP contribution in [0.3, 0.4) is 0 Å². The Kier molecular flexibility index (Phi) is 6.58. The molecule has 0 spiro atoms. The average molecular weight is 360 g/mol. The summed E-state index contributed by atoms with van der Waals surface area (Å²) in [5.41, 5.74) is 3.08. The Morgan fingerprint density at radius 3 is 2.40 bits per heavy atom. The van der Waals surface area contributed by atoms with Crippen molar-refractivity contribution in [3.8, 4) is 0 Å².